The smallest absolute Gasteiger partial charge is 0.249 e. The number of halogens is 1. The molecule has 0 saturated carbocycles. The topological polar surface area (TPSA) is 70.7 Å². The molecule has 1 aromatic rings. The van der Waals surface area contributed by atoms with Gasteiger partial charge in [-0.3, -0.25) is 9.59 Å². The van der Waals surface area contributed by atoms with Crippen LogP contribution in [0.15, 0.2) is 30.3 Å². The zero-order chi connectivity index (χ0) is 15.4. The molecule has 0 unspecified atom stereocenters. The predicted octanol–water partition coefficient (Wildman–Crippen LogP) is 0.171. The molecule has 2 aliphatic rings. The number of morpholine rings is 1. The van der Waals surface area contributed by atoms with Crippen molar-refractivity contribution in [3.8, 4) is 0 Å². The predicted molar refractivity (Wildman–Crippen MR) is 88.2 cm³/mol. The van der Waals surface area contributed by atoms with Gasteiger partial charge in [-0.25, -0.2) is 0 Å². The second-order valence-electron chi connectivity index (χ2n) is 5.81. The Morgan fingerprint density at radius 2 is 2.04 bits per heavy atom. The molecule has 2 amide bonds. The second-order valence-corrected chi connectivity index (χ2v) is 5.81. The molecule has 7 heteroatoms. The minimum Gasteiger partial charge on any atom is -0.369 e. The summed E-state index contributed by atoms with van der Waals surface area (Å²) >= 11 is 0. The van der Waals surface area contributed by atoms with E-state index in [4.69, 9.17) is 4.74 Å². The number of hydrogen-bond donors (Lipinski definition) is 2. The van der Waals surface area contributed by atoms with Crippen molar-refractivity contribution in [3.05, 3.63) is 35.9 Å². The van der Waals surface area contributed by atoms with Crippen LogP contribution in [0.3, 0.4) is 0 Å². The highest BCUT2D eigenvalue weighted by atomic mass is 35.5. The summed E-state index contributed by atoms with van der Waals surface area (Å²) < 4.78 is 5.27. The molecule has 2 saturated heterocycles. The maximum atomic E-state index is 12.4. The molecule has 0 bridgehead atoms. The molecule has 2 N–H and O–H groups in total. The number of rotatable bonds is 5. The Kier molecular flexibility index (Phi) is 6.38. The maximum absolute atomic E-state index is 12.4. The maximum Gasteiger partial charge on any atom is 0.249 e. The van der Waals surface area contributed by atoms with E-state index in [-0.39, 0.29) is 37.4 Å². The lowest BCUT2D eigenvalue weighted by molar-refractivity contribution is -0.155. The fourth-order valence-corrected chi connectivity index (χ4v) is 2.66. The van der Waals surface area contributed by atoms with Gasteiger partial charge in [-0.15, -0.1) is 12.4 Å². The van der Waals surface area contributed by atoms with E-state index in [0.29, 0.717) is 19.0 Å². The lowest BCUT2D eigenvalue weighted by Gasteiger charge is -2.35. The van der Waals surface area contributed by atoms with E-state index in [1.54, 1.807) is 4.90 Å². The molecule has 2 aliphatic heterocycles. The number of amides is 2. The number of carbonyl (C=O) groups is 2. The van der Waals surface area contributed by atoms with Gasteiger partial charge < -0.3 is 20.3 Å². The zero-order valence-corrected chi connectivity index (χ0v) is 13.7. The first kappa shape index (κ1) is 17.7. The van der Waals surface area contributed by atoms with Crippen molar-refractivity contribution < 1.29 is 14.3 Å². The number of nitrogens with one attached hydrogen (secondary N) is 2. The molecule has 23 heavy (non-hydrogen) atoms. The quantitative estimate of drug-likeness (QED) is 0.802. The van der Waals surface area contributed by atoms with Gasteiger partial charge in [-0.2, -0.15) is 0 Å². The number of ether oxygens (including phenoxy) is 1. The van der Waals surface area contributed by atoms with Crippen molar-refractivity contribution in [1.82, 2.24) is 15.5 Å². The molecular formula is C16H22ClN3O3. The lowest BCUT2D eigenvalue weighted by atomic mass is 10.0. The van der Waals surface area contributed by atoms with Crippen molar-refractivity contribution in [3.63, 3.8) is 0 Å². The van der Waals surface area contributed by atoms with E-state index in [9.17, 15) is 9.59 Å². The van der Waals surface area contributed by atoms with Crippen LogP contribution in [-0.4, -0.2) is 55.6 Å². The number of hydrogen-bond acceptors (Lipinski definition) is 4. The van der Waals surface area contributed by atoms with E-state index >= 15 is 0 Å². The van der Waals surface area contributed by atoms with E-state index in [1.807, 2.05) is 30.3 Å². The van der Waals surface area contributed by atoms with Gasteiger partial charge >= 0.3 is 0 Å². The molecule has 6 nitrogen and oxygen atoms in total. The molecule has 1 aromatic carbocycles. The van der Waals surface area contributed by atoms with Gasteiger partial charge in [-0.05, 0) is 5.56 Å². The average molecular weight is 340 g/mol. The first-order valence-corrected chi connectivity index (χ1v) is 7.63. The summed E-state index contributed by atoms with van der Waals surface area (Å²) in [5.41, 5.74) is 1.01. The number of nitrogens with zero attached hydrogens (tertiary/aromatic N) is 1. The standard InChI is InChI=1S/C16H21N3O3.ClH/c20-15-11-22-10-14(16(21)18-8-13-6-17-7-13)19(15)9-12-4-2-1-3-5-12;/h1-5,13-14,17H,6-11H2,(H,18,21);1H/t14-;/m1./s1. The molecule has 0 spiro atoms. The Balaban J connectivity index is 0.00000192. The molecule has 3 rings (SSSR count). The Morgan fingerprint density at radius 3 is 2.70 bits per heavy atom. The summed E-state index contributed by atoms with van der Waals surface area (Å²) in [4.78, 5) is 26.1. The molecule has 2 heterocycles. The highest BCUT2D eigenvalue weighted by Gasteiger charge is 2.34. The van der Waals surface area contributed by atoms with Gasteiger partial charge in [0, 0.05) is 32.1 Å². The van der Waals surface area contributed by atoms with Crippen LogP contribution in [-0.2, 0) is 20.9 Å². The summed E-state index contributed by atoms with van der Waals surface area (Å²) in [6.07, 6.45) is 0. The van der Waals surface area contributed by atoms with Crippen LogP contribution in [0.5, 0.6) is 0 Å². The van der Waals surface area contributed by atoms with Gasteiger partial charge in [-0.1, -0.05) is 30.3 Å². The van der Waals surface area contributed by atoms with Gasteiger partial charge in [0.1, 0.15) is 12.6 Å². The Labute approximate surface area is 142 Å². The second kappa shape index (κ2) is 8.29. The molecule has 0 aromatic heterocycles. The van der Waals surface area contributed by atoms with Crippen molar-refractivity contribution in [2.24, 2.45) is 5.92 Å². The third kappa shape index (κ3) is 4.43. The Hall–Kier alpha value is -1.63. The minimum atomic E-state index is -0.547. The normalized spacial score (nSPS) is 21.3. The minimum absolute atomic E-state index is 0. The first-order valence-electron chi connectivity index (χ1n) is 7.63. The van der Waals surface area contributed by atoms with Crippen LogP contribution in [0, 0.1) is 5.92 Å². The molecule has 0 aliphatic carbocycles. The number of benzene rings is 1. The zero-order valence-electron chi connectivity index (χ0n) is 12.9. The molecular weight excluding hydrogens is 318 g/mol. The van der Waals surface area contributed by atoms with Crippen molar-refractivity contribution >= 4 is 24.2 Å². The van der Waals surface area contributed by atoms with Crippen LogP contribution in [0.2, 0.25) is 0 Å². The highest BCUT2D eigenvalue weighted by Crippen LogP contribution is 2.14. The van der Waals surface area contributed by atoms with Crippen LogP contribution in [0.1, 0.15) is 5.56 Å². The third-order valence-corrected chi connectivity index (χ3v) is 4.13. The van der Waals surface area contributed by atoms with E-state index < -0.39 is 6.04 Å². The van der Waals surface area contributed by atoms with Gasteiger partial charge in [0.2, 0.25) is 11.8 Å². The first-order chi connectivity index (χ1) is 10.7. The van der Waals surface area contributed by atoms with Crippen molar-refractivity contribution in [2.45, 2.75) is 12.6 Å². The molecule has 1 atom stereocenters. The molecule has 0 radical (unpaired) electrons. The van der Waals surface area contributed by atoms with Gasteiger partial charge in [0.25, 0.3) is 0 Å². The van der Waals surface area contributed by atoms with Gasteiger partial charge in [0.05, 0.1) is 6.61 Å². The fraction of sp³-hybridized carbons (Fsp3) is 0.500. The summed E-state index contributed by atoms with van der Waals surface area (Å²) in [5.74, 6) is 0.225. The average Bonchev–Trinajstić information content (AvgIpc) is 2.48. The highest BCUT2D eigenvalue weighted by molar-refractivity contribution is 5.89. The van der Waals surface area contributed by atoms with Crippen LogP contribution < -0.4 is 10.6 Å². The SMILES string of the molecule is Cl.O=C(NCC1CNC1)[C@H]1COCC(=O)N1Cc1ccccc1. The molecule has 2 fully saturated rings. The monoisotopic (exact) mass is 339 g/mol. The van der Waals surface area contributed by atoms with E-state index in [2.05, 4.69) is 10.6 Å². The summed E-state index contributed by atoms with van der Waals surface area (Å²) in [6.45, 7) is 3.26. The van der Waals surface area contributed by atoms with Crippen molar-refractivity contribution in [2.75, 3.05) is 32.8 Å². The van der Waals surface area contributed by atoms with Crippen molar-refractivity contribution in [1.29, 1.82) is 0 Å². The fourth-order valence-electron chi connectivity index (χ4n) is 2.66. The van der Waals surface area contributed by atoms with Crippen LogP contribution in [0.4, 0.5) is 0 Å². The van der Waals surface area contributed by atoms with Gasteiger partial charge in [0.15, 0.2) is 0 Å². The Bertz CT molecular complexity index is 537. The third-order valence-electron chi connectivity index (χ3n) is 4.13. The summed E-state index contributed by atoms with van der Waals surface area (Å²) in [6, 6.07) is 9.16. The summed E-state index contributed by atoms with van der Waals surface area (Å²) in [5, 5.41) is 6.11. The van der Waals surface area contributed by atoms with Crippen LogP contribution >= 0.6 is 12.4 Å². The summed E-state index contributed by atoms with van der Waals surface area (Å²) in [7, 11) is 0. The lowest BCUT2D eigenvalue weighted by Crippen LogP contribution is -2.57. The van der Waals surface area contributed by atoms with E-state index in [1.165, 1.54) is 0 Å². The van der Waals surface area contributed by atoms with Crippen LogP contribution in [0.25, 0.3) is 0 Å². The number of carbonyl (C=O) groups excluding carboxylic acids is 2. The van der Waals surface area contributed by atoms with E-state index in [0.717, 1.165) is 18.7 Å². The largest absolute Gasteiger partial charge is 0.369 e. The Morgan fingerprint density at radius 1 is 1.30 bits per heavy atom. The molecule has 126 valence electrons.